The summed E-state index contributed by atoms with van der Waals surface area (Å²) in [5, 5.41) is 11.4. The van der Waals surface area contributed by atoms with Crippen LogP contribution in [0.15, 0.2) is 72.3 Å². The third-order valence-corrected chi connectivity index (χ3v) is 6.28. The number of ether oxygens (including phenoxy) is 3. The summed E-state index contributed by atoms with van der Waals surface area (Å²) in [7, 11) is 6.88. The molecular weight excluding hydrogens is 484 g/mol. The van der Waals surface area contributed by atoms with Gasteiger partial charge in [-0.15, -0.1) is 0 Å². The van der Waals surface area contributed by atoms with Gasteiger partial charge in [0.2, 0.25) is 0 Å². The molecule has 3 aromatic carbocycles. The number of carbonyl (C=O) groups excluding carboxylic acids is 2. The van der Waals surface area contributed by atoms with Crippen molar-refractivity contribution in [2.45, 2.75) is 26.0 Å². The molecule has 3 aromatic rings. The summed E-state index contributed by atoms with van der Waals surface area (Å²) in [5.74, 6) is -0.251. The van der Waals surface area contributed by atoms with Crippen LogP contribution in [0.25, 0.3) is 5.76 Å². The Morgan fingerprint density at radius 1 is 0.868 bits per heavy atom. The SMILES string of the molecule is COc1cc(OC)cc(N2C(=O)C(=O)/C(=C(/O)c3ccc(OC(C)C)cc3)C2c2ccc(N(C)C)cc2)c1. The van der Waals surface area contributed by atoms with Crippen LogP contribution >= 0.6 is 0 Å². The van der Waals surface area contributed by atoms with E-state index in [1.54, 1.807) is 42.5 Å². The Labute approximate surface area is 222 Å². The largest absolute Gasteiger partial charge is 0.507 e. The van der Waals surface area contributed by atoms with Crippen LogP contribution in [0, 0.1) is 0 Å². The van der Waals surface area contributed by atoms with Crippen molar-refractivity contribution in [3.63, 3.8) is 0 Å². The topological polar surface area (TPSA) is 88.5 Å². The van der Waals surface area contributed by atoms with Crippen molar-refractivity contribution >= 4 is 28.8 Å². The molecule has 0 saturated carbocycles. The molecule has 1 fully saturated rings. The number of methoxy groups -OCH3 is 2. The Balaban J connectivity index is 1.90. The quantitative estimate of drug-likeness (QED) is 0.251. The summed E-state index contributed by atoms with van der Waals surface area (Å²) in [5.41, 5.74) is 2.42. The molecule has 1 saturated heterocycles. The molecule has 1 N–H and O–H groups in total. The lowest BCUT2D eigenvalue weighted by molar-refractivity contribution is -0.132. The summed E-state index contributed by atoms with van der Waals surface area (Å²) < 4.78 is 16.5. The minimum Gasteiger partial charge on any atom is -0.507 e. The van der Waals surface area contributed by atoms with Gasteiger partial charge in [0.05, 0.1) is 37.6 Å². The average molecular weight is 517 g/mol. The number of anilines is 2. The second-order valence-electron chi connectivity index (χ2n) is 9.42. The molecule has 38 heavy (non-hydrogen) atoms. The minimum absolute atomic E-state index is 0.00748. The Kier molecular flexibility index (Phi) is 7.62. The molecule has 198 valence electrons. The van der Waals surface area contributed by atoms with Crippen LogP contribution < -0.4 is 24.0 Å². The fraction of sp³-hybridized carbons (Fsp3) is 0.267. The minimum atomic E-state index is -0.880. The van der Waals surface area contributed by atoms with Crippen molar-refractivity contribution in [3.05, 3.63) is 83.4 Å². The Morgan fingerprint density at radius 3 is 1.95 bits per heavy atom. The Morgan fingerprint density at radius 2 is 1.45 bits per heavy atom. The van der Waals surface area contributed by atoms with Gasteiger partial charge in [0.25, 0.3) is 11.7 Å². The molecule has 1 aliphatic heterocycles. The summed E-state index contributed by atoms with van der Waals surface area (Å²) in [4.78, 5) is 30.3. The second kappa shape index (κ2) is 10.9. The number of amides is 1. The van der Waals surface area contributed by atoms with Crippen LogP contribution in [0.2, 0.25) is 0 Å². The molecule has 0 aromatic heterocycles. The van der Waals surface area contributed by atoms with E-state index in [2.05, 4.69) is 0 Å². The van der Waals surface area contributed by atoms with Crippen LogP contribution in [0.4, 0.5) is 11.4 Å². The number of aliphatic hydroxyl groups excluding tert-OH is 1. The van der Waals surface area contributed by atoms with Gasteiger partial charge in [0, 0.05) is 43.5 Å². The predicted octanol–water partition coefficient (Wildman–Crippen LogP) is 5.18. The molecule has 0 spiro atoms. The van der Waals surface area contributed by atoms with E-state index in [0.29, 0.717) is 34.1 Å². The zero-order valence-electron chi connectivity index (χ0n) is 22.4. The van der Waals surface area contributed by atoms with E-state index in [0.717, 1.165) is 5.69 Å². The molecule has 0 radical (unpaired) electrons. The standard InChI is InChI=1S/C30H32N2O6/c1-18(2)38-23-13-9-20(10-14-23)28(33)26-27(19-7-11-21(12-8-19)31(3)4)32(30(35)29(26)34)22-15-24(36-5)17-25(16-22)37-6/h7-18,27,33H,1-6H3/b28-26+. The molecule has 1 unspecified atom stereocenters. The van der Waals surface area contributed by atoms with E-state index in [-0.39, 0.29) is 17.4 Å². The molecule has 1 amide bonds. The fourth-order valence-electron chi connectivity index (χ4n) is 4.42. The van der Waals surface area contributed by atoms with Gasteiger partial charge in [-0.2, -0.15) is 0 Å². The first-order valence-corrected chi connectivity index (χ1v) is 12.2. The van der Waals surface area contributed by atoms with Crippen molar-refractivity contribution in [1.82, 2.24) is 0 Å². The van der Waals surface area contributed by atoms with E-state index >= 15 is 0 Å². The molecule has 0 bridgehead atoms. The zero-order valence-corrected chi connectivity index (χ0v) is 22.4. The van der Waals surface area contributed by atoms with Crippen LogP contribution in [-0.4, -0.2) is 51.2 Å². The van der Waals surface area contributed by atoms with E-state index in [4.69, 9.17) is 14.2 Å². The van der Waals surface area contributed by atoms with E-state index in [1.165, 1.54) is 19.1 Å². The van der Waals surface area contributed by atoms with E-state index in [1.807, 2.05) is 57.1 Å². The first-order chi connectivity index (χ1) is 18.1. The number of hydrogen-bond acceptors (Lipinski definition) is 7. The van der Waals surface area contributed by atoms with Gasteiger partial charge in [0.1, 0.15) is 23.0 Å². The number of ketones is 1. The highest BCUT2D eigenvalue weighted by Gasteiger charge is 2.47. The highest BCUT2D eigenvalue weighted by Crippen LogP contribution is 2.44. The van der Waals surface area contributed by atoms with Crippen LogP contribution in [-0.2, 0) is 9.59 Å². The Hall–Kier alpha value is -4.46. The zero-order chi connectivity index (χ0) is 27.6. The van der Waals surface area contributed by atoms with Crippen molar-refractivity contribution < 1.29 is 28.9 Å². The number of aliphatic hydroxyl groups is 1. The van der Waals surface area contributed by atoms with Crippen LogP contribution in [0.1, 0.15) is 31.0 Å². The third kappa shape index (κ3) is 5.16. The number of carbonyl (C=O) groups is 2. The monoisotopic (exact) mass is 516 g/mol. The maximum atomic E-state index is 13.5. The molecule has 0 aliphatic carbocycles. The third-order valence-electron chi connectivity index (χ3n) is 6.28. The first kappa shape index (κ1) is 26.6. The molecule has 1 heterocycles. The molecular formula is C30H32N2O6. The number of hydrogen-bond donors (Lipinski definition) is 1. The van der Waals surface area contributed by atoms with Crippen molar-refractivity contribution in [3.8, 4) is 17.2 Å². The maximum absolute atomic E-state index is 13.5. The fourth-order valence-corrected chi connectivity index (χ4v) is 4.42. The second-order valence-corrected chi connectivity index (χ2v) is 9.42. The maximum Gasteiger partial charge on any atom is 0.300 e. The van der Waals surface area contributed by atoms with Crippen molar-refractivity contribution in [1.29, 1.82) is 0 Å². The molecule has 8 nitrogen and oxygen atoms in total. The summed E-state index contributed by atoms with van der Waals surface area (Å²) in [6, 6.07) is 18.4. The number of benzene rings is 3. The van der Waals surface area contributed by atoms with Gasteiger partial charge < -0.3 is 24.2 Å². The highest BCUT2D eigenvalue weighted by atomic mass is 16.5. The first-order valence-electron chi connectivity index (χ1n) is 12.2. The van der Waals surface area contributed by atoms with Crippen LogP contribution in [0.5, 0.6) is 17.2 Å². The highest BCUT2D eigenvalue weighted by molar-refractivity contribution is 6.51. The van der Waals surface area contributed by atoms with E-state index in [9.17, 15) is 14.7 Å². The lowest BCUT2D eigenvalue weighted by atomic mass is 9.95. The molecule has 1 aliphatic rings. The van der Waals surface area contributed by atoms with Gasteiger partial charge >= 0.3 is 0 Å². The van der Waals surface area contributed by atoms with Crippen molar-refractivity contribution in [2.24, 2.45) is 0 Å². The molecule has 1 atom stereocenters. The Bertz CT molecular complexity index is 1340. The van der Waals surface area contributed by atoms with Gasteiger partial charge in [0.15, 0.2) is 0 Å². The normalized spacial score (nSPS) is 16.6. The lowest BCUT2D eigenvalue weighted by Gasteiger charge is -2.26. The summed E-state index contributed by atoms with van der Waals surface area (Å²) in [6.45, 7) is 3.84. The molecule has 4 rings (SSSR count). The van der Waals surface area contributed by atoms with Gasteiger partial charge in [-0.3, -0.25) is 14.5 Å². The lowest BCUT2D eigenvalue weighted by Crippen LogP contribution is -2.29. The summed E-state index contributed by atoms with van der Waals surface area (Å²) >= 11 is 0. The average Bonchev–Trinajstić information content (AvgIpc) is 3.18. The summed E-state index contributed by atoms with van der Waals surface area (Å²) in [6.07, 6.45) is -0.00948. The van der Waals surface area contributed by atoms with Crippen LogP contribution in [0.3, 0.4) is 0 Å². The number of rotatable bonds is 8. The predicted molar refractivity (Wildman–Crippen MR) is 147 cm³/mol. The number of nitrogens with zero attached hydrogens (tertiary/aromatic N) is 2. The van der Waals surface area contributed by atoms with Crippen molar-refractivity contribution in [2.75, 3.05) is 38.1 Å². The smallest absolute Gasteiger partial charge is 0.300 e. The van der Waals surface area contributed by atoms with Gasteiger partial charge in [-0.25, -0.2) is 0 Å². The number of Topliss-reactive ketones (excluding diaryl/α,β-unsaturated/α-hetero) is 1. The van der Waals surface area contributed by atoms with Gasteiger partial charge in [-0.05, 0) is 55.8 Å². The molecule has 8 heteroatoms. The van der Waals surface area contributed by atoms with E-state index < -0.39 is 17.7 Å². The van der Waals surface area contributed by atoms with Gasteiger partial charge in [-0.1, -0.05) is 12.1 Å².